The van der Waals surface area contributed by atoms with E-state index < -0.39 is 0 Å². The number of aryl methyl sites for hydroxylation is 1. The number of hydrogen-bond donors (Lipinski definition) is 1. The van der Waals surface area contributed by atoms with Crippen LogP contribution >= 0.6 is 24.0 Å². The molecule has 0 amide bonds. The summed E-state index contributed by atoms with van der Waals surface area (Å²) in [7, 11) is 0. The molecule has 1 aromatic rings. The van der Waals surface area contributed by atoms with E-state index in [0.29, 0.717) is 30.1 Å². The van der Waals surface area contributed by atoms with Crippen LogP contribution in [0, 0.1) is 18.8 Å². The molecule has 2 atom stereocenters. The van der Waals surface area contributed by atoms with Crippen molar-refractivity contribution in [3.8, 4) is 0 Å². The third kappa shape index (κ3) is 5.44. The van der Waals surface area contributed by atoms with Gasteiger partial charge < -0.3 is 14.7 Å². The Kier molecular flexibility index (Phi) is 7.41. The predicted octanol–water partition coefficient (Wildman–Crippen LogP) is 2.44. The highest BCUT2D eigenvalue weighted by molar-refractivity contribution is 14.0. The van der Waals surface area contributed by atoms with Gasteiger partial charge in [-0.25, -0.2) is 4.99 Å². The van der Waals surface area contributed by atoms with Gasteiger partial charge in [0.2, 0.25) is 5.89 Å². The minimum absolute atomic E-state index is 0. The van der Waals surface area contributed by atoms with Crippen molar-refractivity contribution >= 4 is 29.9 Å². The first-order valence-electron chi connectivity index (χ1n) is 7.41. The molecule has 0 spiro atoms. The molecule has 0 aromatic carbocycles. The second kappa shape index (κ2) is 8.55. The smallest absolute Gasteiger partial charge is 0.248 e. The van der Waals surface area contributed by atoms with E-state index in [2.05, 4.69) is 46.1 Å². The maximum atomic E-state index is 5.11. The number of guanidine groups is 1. The summed E-state index contributed by atoms with van der Waals surface area (Å²) in [6, 6.07) is 0. The molecule has 1 N–H and O–H groups in total. The first-order valence-corrected chi connectivity index (χ1v) is 7.41. The summed E-state index contributed by atoms with van der Waals surface area (Å²) in [4.78, 5) is 11.2. The van der Waals surface area contributed by atoms with Crippen LogP contribution in [0.3, 0.4) is 0 Å². The van der Waals surface area contributed by atoms with Gasteiger partial charge in [0.15, 0.2) is 11.8 Å². The van der Waals surface area contributed by atoms with Crippen LogP contribution in [0.25, 0.3) is 0 Å². The van der Waals surface area contributed by atoms with Crippen LogP contribution in [0.15, 0.2) is 9.52 Å². The SMILES string of the molecule is CCNC(=NCc1nc(C)no1)N1CC(C)CC(C)C1.I. The van der Waals surface area contributed by atoms with Gasteiger partial charge in [-0.05, 0) is 32.1 Å². The van der Waals surface area contributed by atoms with E-state index in [0.717, 1.165) is 25.6 Å². The summed E-state index contributed by atoms with van der Waals surface area (Å²) in [6.45, 7) is 11.9. The van der Waals surface area contributed by atoms with Gasteiger partial charge in [0.25, 0.3) is 0 Å². The summed E-state index contributed by atoms with van der Waals surface area (Å²) in [5.74, 6) is 3.57. The number of likely N-dealkylation sites (tertiary alicyclic amines) is 1. The standard InChI is InChI=1S/C14H25N5O.HI/c1-5-15-14(16-7-13-17-12(4)18-20-13)19-8-10(2)6-11(3)9-19;/h10-11H,5-9H2,1-4H3,(H,15,16);1H. The van der Waals surface area contributed by atoms with Gasteiger partial charge in [-0.3, -0.25) is 0 Å². The largest absolute Gasteiger partial charge is 0.357 e. The Labute approximate surface area is 143 Å². The van der Waals surface area contributed by atoms with E-state index >= 15 is 0 Å². The zero-order chi connectivity index (χ0) is 14.5. The third-order valence-electron chi connectivity index (χ3n) is 3.44. The highest BCUT2D eigenvalue weighted by Gasteiger charge is 2.24. The topological polar surface area (TPSA) is 66.5 Å². The van der Waals surface area contributed by atoms with E-state index in [1.165, 1.54) is 6.42 Å². The van der Waals surface area contributed by atoms with E-state index in [4.69, 9.17) is 4.52 Å². The minimum Gasteiger partial charge on any atom is -0.357 e. The summed E-state index contributed by atoms with van der Waals surface area (Å²) < 4.78 is 5.11. The lowest BCUT2D eigenvalue weighted by Gasteiger charge is -2.37. The molecule has 1 aromatic heterocycles. The van der Waals surface area contributed by atoms with E-state index in [-0.39, 0.29) is 24.0 Å². The molecule has 21 heavy (non-hydrogen) atoms. The van der Waals surface area contributed by atoms with Crippen molar-refractivity contribution < 1.29 is 4.52 Å². The first-order chi connectivity index (χ1) is 9.58. The lowest BCUT2D eigenvalue weighted by Crippen LogP contribution is -2.48. The average molecular weight is 407 g/mol. The van der Waals surface area contributed by atoms with Crippen LogP contribution in [0.5, 0.6) is 0 Å². The molecular weight excluding hydrogens is 381 g/mol. The molecule has 2 heterocycles. The highest BCUT2D eigenvalue weighted by Crippen LogP contribution is 2.21. The normalized spacial score (nSPS) is 22.9. The van der Waals surface area contributed by atoms with Gasteiger partial charge in [0.1, 0.15) is 6.54 Å². The Morgan fingerprint density at radius 2 is 2.05 bits per heavy atom. The number of nitrogens with zero attached hydrogens (tertiary/aromatic N) is 4. The molecule has 1 fully saturated rings. The Morgan fingerprint density at radius 3 is 2.57 bits per heavy atom. The molecule has 6 nitrogen and oxygen atoms in total. The van der Waals surface area contributed by atoms with Crippen molar-refractivity contribution in [3.05, 3.63) is 11.7 Å². The van der Waals surface area contributed by atoms with Crippen LogP contribution in [0.2, 0.25) is 0 Å². The third-order valence-corrected chi connectivity index (χ3v) is 3.44. The van der Waals surface area contributed by atoms with Crippen LogP contribution in [-0.2, 0) is 6.54 Å². The van der Waals surface area contributed by atoms with Crippen molar-refractivity contribution in [2.75, 3.05) is 19.6 Å². The maximum Gasteiger partial charge on any atom is 0.248 e. The van der Waals surface area contributed by atoms with Crippen molar-refractivity contribution in [2.24, 2.45) is 16.8 Å². The number of aliphatic imine (C=N–C) groups is 1. The van der Waals surface area contributed by atoms with Gasteiger partial charge in [0.05, 0.1) is 0 Å². The molecule has 2 rings (SSSR count). The Morgan fingerprint density at radius 1 is 1.38 bits per heavy atom. The van der Waals surface area contributed by atoms with Crippen LogP contribution in [0.1, 0.15) is 38.9 Å². The van der Waals surface area contributed by atoms with Gasteiger partial charge in [-0.15, -0.1) is 24.0 Å². The van der Waals surface area contributed by atoms with Crippen molar-refractivity contribution in [1.29, 1.82) is 0 Å². The number of aromatic nitrogens is 2. The van der Waals surface area contributed by atoms with Crippen molar-refractivity contribution in [3.63, 3.8) is 0 Å². The fourth-order valence-corrected chi connectivity index (χ4v) is 2.81. The van der Waals surface area contributed by atoms with E-state index in [9.17, 15) is 0 Å². The highest BCUT2D eigenvalue weighted by atomic mass is 127. The summed E-state index contributed by atoms with van der Waals surface area (Å²) in [5, 5.41) is 7.14. The average Bonchev–Trinajstić information content (AvgIpc) is 2.79. The Bertz CT molecular complexity index is 452. The Hall–Kier alpha value is -0.860. The number of hydrogen-bond acceptors (Lipinski definition) is 4. The summed E-state index contributed by atoms with van der Waals surface area (Å²) >= 11 is 0. The summed E-state index contributed by atoms with van der Waals surface area (Å²) in [5.41, 5.74) is 0. The van der Waals surface area contributed by atoms with Gasteiger partial charge >= 0.3 is 0 Å². The molecule has 1 saturated heterocycles. The first kappa shape index (κ1) is 18.2. The molecule has 120 valence electrons. The molecule has 0 bridgehead atoms. The quantitative estimate of drug-likeness (QED) is 0.474. The number of piperidine rings is 1. The van der Waals surface area contributed by atoms with Crippen LogP contribution in [0.4, 0.5) is 0 Å². The molecule has 1 aliphatic heterocycles. The molecule has 7 heteroatoms. The minimum atomic E-state index is 0. The molecule has 1 aliphatic rings. The zero-order valence-electron chi connectivity index (χ0n) is 13.3. The van der Waals surface area contributed by atoms with Crippen molar-refractivity contribution in [2.45, 2.75) is 40.7 Å². The molecule has 0 saturated carbocycles. The van der Waals surface area contributed by atoms with Crippen LogP contribution in [-0.4, -0.2) is 40.6 Å². The monoisotopic (exact) mass is 407 g/mol. The second-order valence-electron chi connectivity index (χ2n) is 5.76. The number of rotatable bonds is 3. The zero-order valence-corrected chi connectivity index (χ0v) is 15.6. The van der Waals surface area contributed by atoms with E-state index in [1.807, 2.05) is 6.92 Å². The fourth-order valence-electron chi connectivity index (χ4n) is 2.81. The van der Waals surface area contributed by atoms with Crippen molar-refractivity contribution in [1.82, 2.24) is 20.4 Å². The van der Waals surface area contributed by atoms with E-state index in [1.54, 1.807) is 0 Å². The van der Waals surface area contributed by atoms with Gasteiger partial charge in [0, 0.05) is 19.6 Å². The lowest BCUT2D eigenvalue weighted by atomic mass is 9.92. The molecule has 0 radical (unpaired) electrons. The second-order valence-corrected chi connectivity index (χ2v) is 5.76. The maximum absolute atomic E-state index is 5.11. The Balaban J connectivity index is 0.00000220. The molecule has 2 unspecified atom stereocenters. The summed E-state index contributed by atoms with van der Waals surface area (Å²) in [6.07, 6.45) is 1.29. The molecular formula is C14H26IN5O. The fraction of sp³-hybridized carbons (Fsp3) is 0.786. The number of nitrogens with one attached hydrogen (secondary N) is 1. The predicted molar refractivity (Wildman–Crippen MR) is 93.8 cm³/mol. The van der Waals surface area contributed by atoms with Gasteiger partial charge in [-0.2, -0.15) is 4.98 Å². The van der Waals surface area contributed by atoms with Gasteiger partial charge in [-0.1, -0.05) is 19.0 Å². The number of halogens is 1. The lowest BCUT2D eigenvalue weighted by molar-refractivity contribution is 0.208. The molecule has 0 aliphatic carbocycles. The van der Waals surface area contributed by atoms with Crippen LogP contribution < -0.4 is 5.32 Å².